The number of ketones is 1. The number of carbonyl (C=O) groups excluding carboxylic acids is 2. The molecule has 1 aromatic heterocycles. The van der Waals surface area contributed by atoms with Crippen LogP contribution in [-0.4, -0.2) is 51.7 Å². The predicted octanol–water partition coefficient (Wildman–Crippen LogP) is 5.80. The van der Waals surface area contributed by atoms with Crippen molar-refractivity contribution in [3.63, 3.8) is 0 Å². The Morgan fingerprint density at radius 2 is 1.60 bits per heavy atom. The van der Waals surface area contributed by atoms with Crippen LogP contribution in [0.15, 0.2) is 72.8 Å². The number of carboxylic acid groups (broad SMARTS) is 1. The summed E-state index contributed by atoms with van der Waals surface area (Å²) in [7, 11) is 0. The van der Waals surface area contributed by atoms with Crippen molar-refractivity contribution in [2.75, 3.05) is 11.9 Å². The normalized spacial score (nSPS) is 15.7. The van der Waals surface area contributed by atoms with E-state index in [9.17, 15) is 22.8 Å². The van der Waals surface area contributed by atoms with Crippen molar-refractivity contribution in [2.24, 2.45) is 5.92 Å². The van der Waals surface area contributed by atoms with Crippen molar-refractivity contribution in [3.05, 3.63) is 89.0 Å². The number of aliphatic carboxylic acids is 1. The lowest BCUT2D eigenvalue weighted by Crippen LogP contribution is -2.41. The molecule has 1 fully saturated rings. The van der Waals surface area contributed by atoms with Crippen molar-refractivity contribution in [1.29, 1.82) is 0 Å². The summed E-state index contributed by atoms with van der Waals surface area (Å²) in [6, 6.07) is 20.5. The number of anilines is 1. The first-order valence-electron chi connectivity index (χ1n) is 14.1. The van der Waals surface area contributed by atoms with Crippen molar-refractivity contribution in [3.8, 4) is 0 Å². The molecule has 2 aromatic carbocycles. The monoisotopic (exact) mass is 616 g/mol. The topological polar surface area (TPSA) is 121 Å². The van der Waals surface area contributed by atoms with Crippen molar-refractivity contribution < 1.29 is 32.7 Å². The molecule has 4 rings (SSSR count). The second-order valence-corrected chi connectivity index (χ2v) is 11.2. The van der Waals surface area contributed by atoms with Gasteiger partial charge in [0.2, 0.25) is 11.0 Å². The van der Waals surface area contributed by atoms with Crippen molar-refractivity contribution >= 4 is 34.1 Å². The molecule has 12 heteroatoms. The fraction of sp³-hybridized carbons (Fsp3) is 0.387. The number of allylic oxidation sites excluding steroid dienone is 1. The minimum atomic E-state index is -5.08. The van der Waals surface area contributed by atoms with E-state index in [1.807, 2.05) is 42.5 Å². The fourth-order valence-corrected chi connectivity index (χ4v) is 5.20. The molecule has 0 saturated carbocycles. The number of halogens is 3. The van der Waals surface area contributed by atoms with Crippen LogP contribution in [0.4, 0.5) is 18.3 Å². The highest BCUT2D eigenvalue weighted by Gasteiger charge is 2.38. The van der Waals surface area contributed by atoms with Crippen LogP contribution < -0.4 is 10.6 Å². The molecule has 1 aliphatic heterocycles. The Balaban J connectivity index is 0.000000646. The summed E-state index contributed by atoms with van der Waals surface area (Å²) < 4.78 is 31.7. The zero-order valence-corrected chi connectivity index (χ0v) is 24.4. The number of nitrogens with zero attached hydrogens (tertiary/aromatic N) is 2. The van der Waals surface area contributed by atoms with Gasteiger partial charge in [-0.05, 0) is 61.8 Å². The minimum absolute atomic E-state index is 0.00281. The van der Waals surface area contributed by atoms with Gasteiger partial charge >= 0.3 is 12.1 Å². The SMILES string of the molecule is O=C(/C=C/[C@H](CCc1ccccc1)CC(=O)[C@@H]1CCCCN1)Nc1nnc(CCc2ccccc2)s1.O=C(O)C(F)(F)F. The molecule has 1 amide bonds. The summed E-state index contributed by atoms with van der Waals surface area (Å²) in [5, 5.41) is 23.0. The van der Waals surface area contributed by atoms with Gasteiger partial charge in [-0.25, -0.2) is 4.79 Å². The molecule has 1 aliphatic rings. The third kappa shape index (κ3) is 12.9. The highest BCUT2D eigenvalue weighted by molar-refractivity contribution is 7.15. The number of benzene rings is 2. The predicted molar refractivity (Wildman–Crippen MR) is 159 cm³/mol. The number of amides is 1. The van der Waals surface area contributed by atoms with Crippen LogP contribution in [0.1, 0.15) is 48.2 Å². The van der Waals surface area contributed by atoms with Gasteiger partial charge in [-0.3, -0.25) is 14.9 Å². The molecule has 2 heterocycles. The molecule has 8 nitrogen and oxygen atoms in total. The number of hydrogen-bond acceptors (Lipinski definition) is 7. The summed E-state index contributed by atoms with van der Waals surface area (Å²) in [6.45, 7) is 0.901. The van der Waals surface area contributed by atoms with Gasteiger partial charge in [-0.2, -0.15) is 13.2 Å². The Hall–Kier alpha value is -3.90. The van der Waals surface area contributed by atoms with Gasteiger partial charge in [-0.15, -0.1) is 10.2 Å². The fourth-order valence-electron chi connectivity index (χ4n) is 4.46. The maximum absolute atomic E-state index is 12.9. The Morgan fingerprint density at radius 3 is 2.19 bits per heavy atom. The Kier molecular flexibility index (Phi) is 13.5. The number of carboxylic acids is 1. The summed E-state index contributed by atoms with van der Waals surface area (Å²) in [5.41, 5.74) is 2.49. The van der Waals surface area contributed by atoms with E-state index in [1.54, 1.807) is 6.08 Å². The third-order valence-electron chi connectivity index (χ3n) is 6.74. The smallest absolute Gasteiger partial charge is 0.475 e. The molecule has 0 radical (unpaired) electrons. The van der Waals surface area contributed by atoms with Crippen LogP contribution in [0.3, 0.4) is 0 Å². The number of hydrogen-bond donors (Lipinski definition) is 3. The number of piperidine rings is 1. The first kappa shape index (κ1) is 33.6. The Labute approximate surface area is 252 Å². The third-order valence-corrected chi connectivity index (χ3v) is 7.64. The molecule has 0 unspecified atom stereocenters. The molecule has 3 N–H and O–H groups in total. The first-order valence-corrected chi connectivity index (χ1v) is 14.9. The molecular weight excluding hydrogens is 581 g/mol. The highest BCUT2D eigenvalue weighted by Crippen LogP contribution is 2.20. The molecule has 0 spiro atoms. The zero-order chi connectivity index (χ0) is 31.1. The second-order valence-electron chi connectivity index (χ2n) is 10.1. The zero-order valence-electron chi connectivity index (χ0n) is 23.6. The molecule has 1 saturated heterocycles. The van der Waals surface area contributed by atoms with Crippen molar-refractivity contribution in [2.45, 2.75) is 63.6 Å². The lowest BCUT2D eigenvalue weighted by atomic mass is 9.90. The minimum Gasteiger partial charge on any atom is -0.475 e. The first-order chi connectivity index (χ1) is 20.6. The standard InChI is InChI=1S/C29H34N4O2S.C2HF3O2/c34-26(25-13-7-8-20-30-25)21-24(15-14-22-9-3-1-4-10-22)16-18-27(35)31-29-33-32-28(36-29)19-17-23-11-5-2-6-12-23;3-2(4,5)1(6)7/h1-6,9-12,16,18,24-25,30H,7-8,13-15,17,19-21H2,(H,31,33,35);(H,6,7)/b18-16+;/t24-,25-;/m0./s1. The van der Waals surface area contributed by atoms with Gasteiger partial charge in [0.25, 0.3) is 0 Å². The average molecular weight is 617 g/mol. The van der Waals surface area contributed by atoms with Crippen LogP contribution >= 0.6 is 11.3 Å². The van der Waals surface area contributed by atoms with E-state index in [2.05, 4.69) is 45.1 Å². The summed E-state index contributed by atoms with van der Waals surface area (Å²) in [6.07, 6.45) is 5.25. The van der Waals surface area contributed by atoms with E-state index in [4.69, 9.17) is 9.90 Å². The summed E-state index contributed by atoms with van der Waals surface area (Å²) in [4.78, 5) is 34.4. The number of alkyl halides is 3. The average Bonchev–Trinajstić information content (AvgIpc) is 3.45. The molecule has 0 aliphatic carbocycles. The number of aromatic nitrogens is 2. The molecule has 3 aromatic rings. The Morgan fingerprint density at radius 1 is 0.977 bits per heavy atom. The lowest BCUT2D eigenvalue weighted by molar-refractivity contribution is -0.192. The van der Waals surface area contributed by atoms with Crippen molar-refractivity contribution in [1.82, 2.24) is 15.5 Å². The van der Waals surface area contributed by atoms with Crippen LogP contribution in [0.2, 0.25) is 0 Å². The van der Waals surface area contributed by atoms with E-state index in [0.29, 0.717) is 11.6 Å². The number of carbonyl (C=O) groups is 3. The van der Waals surface area contributed by atoms with Gasteiger partial charge in [0.1, 0.15) is 10.8 Å². The molecule has 2 atom stereocenters. The van der Waals surface area contributed by atoms with Gasteiger partial charge in [-0.1, -0.05) is 84.5 Å². The highest BCUT2D eigenvalue weighted by atomic mass is 32.1. The molecule has 230 valence electrons. The van der Waals surface area contributed by atoms with Gasteiger partial charge < -0.3 is 10.4 Å². The van der Waals surface area contributed by atoms with Gasteiger partial charge in [0.05, 0.1) is 6.04 Å². The van der Waals surface area contributed by atoms with E-state index in [1.165, 1.54) is 22.5 Å². The van der Waals surface area contributed by atoms with E-state index < -0.39 is 12.1 Å². The van der Waals surface area contributed by atoms with E-state index >= 15 is 0 Å². The number of rotatable bonds is 12. The molecule has 0 bridgehead atoms. The molecular formula is C31H35F3N4O4S. The van der Waals surface area contributed by atoms with Crippen LogP contribution in [-0.2, 0) is 33.6 Å². The largest absolute Gasteiger partial charge is 0.490 e. The number of aryl methyl sites for hydroxylation is 3. The second kappa shape index (κ2) is 17.3. The number of nitrogens with one attached hydrogen (secondary N) is 2. The lowest BCUT2D eigenvalue weighted by Gasteiger charge is -2.23. The van der Waals surface area contributed by atoms with Crippen LogP contribution in [0, 0.1) is 5.92 Å². The maximum Gasteiger partial charge on any atom is 0.490 e. The van der Waals surface area contributed by atoms with E-state index in [-0.39, 0.29) is 23.7 Å². The number of Topliss-reactive ketones (excluding diaryl/α,β-unsaturated/α-hetero) is 1. The van der Waals surface area contributed by atoms with Gasteiger partial charge in [0, 0.05) is 12.8 Å². The Bertz CT molecular complexity index is 1330. The molecule has 43 heavy (non-hydrogen) atoms. The van der Waals surface area contributed by atoms with Crippen LogP contribution in [0.25, 0.3) is 0 Å². The van der Waals surface area contributed by atoms with E-state index in [0.717, 1.165) is 56.5 Å². The summed E-state index contributed by atoms with van der Waals surface area (Å²) in [5.74, 6) is -2.76. The van der Waals surface area contributed by atoms with Gasteiger partial charge in [0.15, 0.2) is 0 Å². The quantitative estimate of drug-likeness (QED) is 0.220. The summed E-state index contributed by atoms with van der Waals surface area (Å²) >= 11 is 1.40. The maximum atomic E-state index is 12.9. The van der Waals surface area contributed by atoms with Crippen LogP contribution in [0.5, 0.6) is 0 Å².